The van der Waals surface area contributed by atoms with Crippen molar-refractivity contribution in [1.82, 2.24) is 10.1 Å². The predicted molar refractivity (Wildman–Crippen MR) is 134 cm³/mol. The molecule has 2 aromatic heterocycles. The van der Waals surface area contributed by atoms with Crippen molar-refractivity contribution in [3.8, 4) is 17.0 Å². The highest BCUT2D eigenvalue weighted by molar-refractivity contribution is 5.89. The van der Waals surface area contributed by atoms with Crippen molar-refractivity contribution in [3.63, 3.8) is 0 Å². The van der Waals surface area contributed by atoms with Gasteiger partial charge in [-0.15, -0.1) is 13.2 Å². The lowest BCUT2D eigenvalue weighted by atomic mass is 9.98. The van der Waals surface area contributed by atoms with Crippen molar-refractivity contribution in [2.75, 3.05) is 4.90 Å². The fourth-order valence-electron chi connectivity index (χ4n) is 5.96. The van der Waals surface area contributed by atoms with Crippen LogP contribution in [0.1, 0.15) is 71.7 Å². The van der Waals surface area contributed by atoms with E-state index in [0.29, 0.717) is 22.6 Å². The minimum Gasteiger partial charge on any atom is -0.478 e. The van der Waals surface area contributed by atoms with Crippen LogP contribution in [0.2, 0.25) is 0 Å². The molecular weight excluding hydrogens is 515 g/mol. The maximum absolute atomic E-state index is 13.1. The number of aromatic nitrogens is 2. The van der Waals surface area contributed by atoms with E-state index >= 15 is 0 Å². The quantitative estimate of drug-likeness (QED) is 0.357. The Morgan fingerprint density at radius 1 is 1.15 bits per heavy atom. The Kier molecular flexibility index (Phi) is 6.49. The Bertz CT molecular complexity index is 1370. The predicted octanol–water partition coefficient (Wildman–Crippen LogP) is 6.24. The molecule has 8 nitrogen and oxygen atoms in total. The third kappa shape index (κ3) is 5.19. The number of rotatable bonds is 8. The standard InChI is InChI=1S/C28H28F3N3O5/c1-15-10-24(32-13-21(15)27(35)36)34-17-8-9-18(34)12-19(11-17)37-14-22-25(33-39-26(22)16-6-7-16)20-4-2-3-5-23(20)38-28(29,30)31/h2-5,10,13,16-19H,6-9,11-12,14H2,1H3,(H,35,36)/t17-,18?,19?/m0/s1. The summed E-state index contributed by atoms with van der Waals surface area (Å²) in [6, 6.07) is 8.19. The van der Waals surface area contributed by atoms with E-state index in [-0.39, 0.29) is 47.6 Å². The van der Waals surface area contributed by atoms with Crippen molar-refractivity contribution >= 4 is 11.8 Å². The summed E-state index contributed by atoms with van der Waals surface area (Å²) in [4.78, 5) is 18.1. The second kappa shape index (κ2) is 9.86. The smallest absolute Gasteiger partial charge is 0.478 e. The van der Waals surface area contributed by atoms with Gasteiger partial charge < -0.3 is 24.0 Å². The Labute approximate surface area is 222 Å². The van der Waals surface area contributed by atoms with Gasteiger partial charge in [0.15, 0.2) is 0 Å². The fraction of sp³-hybridized carbons (Fsp3) is 0.464. The number of pyridine rings is 1. The molecule has 0 amide bonds. The highest BCUT2D eigenvalue weighted by Crippen LogP contribution is 2.46. The molecule has 6 rings (SSSR count). The van der Waals surface area contributed by atoms with Gasteiger partial charge in [-0.05, 0) is 69.2 Å². The molecule has 1 aliphatic carbocycles. The maximum atomic E-state index is 13.1. The Balaban J connectivity index is 1.20. The first-order valence-corrected chi connectivity index (χ1v) is 13.1. The van der Waals surface area contributed by atoms with E-state index < -0.39 is 12.3 Å². The minimum absolute atomic E-state index is 0.0467. The molecule has 1 aromatic carbocycles. The number of para-hydroxylation sites is 1. The van der Waals surface area contributed by atoms with Crippen LogP contribution in [0, 0.1) is 6.92 Å². The molecule has 1 N–H and O–H groups in total. The van der Waals surface area contributed by atoms with Crippen LogP contribution < -0.4 is 9.64 Å². The van der Waals surface area contributed by atoms with Gasteiger partial charge in [0.2, 0.25) is 0 Å². The molecule has 2 unspecified atom stereocenters. The van der Waals surface area contributed by atoms with Gasteiger partial charge >= 0.3 is 12.3 Å². The lowest BCUT2D eigenvalue weighted by Crippen LogP contribution is -2.46. The molecule has 2 saturated heterocycles. The van der Waals surface area contributed by atoms with Gasteiger partial charge in [0.05, 0.1) is 18.3 Å². The molecule has 3 aliphatic rings. The zero-order chi connectivity index (χ0) is 27.3. The number of nitrogens with zero attached hydrogens (tertiary/aromatic N) is 3. The van der Waals surface area contributed by atoms with Gasteiger partial charge in [-0.3, -0.25) is 0 Å². The highest BCUT2D eigenvalue weighted by Gasteiger charge is 2.42. The molecule has 3 atom stereocenters. The van der Waals surface area contributed by atoms with Crippen LogP contribution in [-0.2, 0) is 11.3 Å². The van der Waals surface area contributed by atoms with Gasteiger partial charge in [0, 0.05) is 35.3 Å². The van der Waals surface area contributed by atoms with Gasteiger partial charge in [0.25, 0.3) is 0 Å². The molecule has 2 aliphatic heterocycles. The van der Waals surface area contributed by atoms with E-state index in [0.717, 1.165) is 44.3 Å². The van der Waals surface area contributed by atoms with Gasteiger partial charge in [-0.1, -0.05) is 17.3 Å². The maximum Gasteiger partial charge on any atom is 0.573 e. The number of aromatic carboxylic acids is 1. The topological polar surface area (TPSA) is 97.9 Å². The van der Waals surface area contributed by atoms with E-state index in [9.17, 15) is 23.1 Å². The normalized spacial score (nSPS) is 22.8. The summed E-state index contributed by atoms with van der Waals surface area (Å²) < 4.78 is 55.5. The summed E-state index contributed by atoms with van der Waals surface area (Å²) in [6.07, 6.45) is 1.94. The lowest BCUT2D eigenvalue weighted by Gasteiger charge is -2.39. The van der Waals surface area contributed by atoms with E-state index in [2.05, 4.69) is 19.8 Å². The zero-order valence-corrected chi connectivity index (χ0v) is 21.3. The van der Waals surface area contributed by atoms with Crippen LogP contribution in [0.4, 0.5) is 19.0 Å². The number of halogens is 3. The van der Waals surface area contributed by atoms with E-state index in [1.54, 1.807) is 19.1 Å². The highest BCUT2D eigenvalue weighted by atomic mass is 19.4. The Hall–Kier alpha value is -3.60. The van der Waals surface area contributed by atoms with E-state index in [1.807, 2.05) is 6.07 Å². The van der Waals surface area contributed by atoms with E-state index in [1.165, 1.54) is 18.3 Å². The average molecular weight is 544 g/mol. The summed E-state index contributed by atoms with van der Waals surface area (Å²) in [6.45, 7) is 1.96. The van der Waals surface area contributed by atoms with Crippen LogP contribution in [0.15, 0.2) is 41.1 Å². The van der Waals surface area contributed by atoms with Crippen LogP contribution in [0.5, 0.6) is 5.75 Å². The summed E-state index contributed by atoms with van der Waals surface area (Å²) in [5, 5.41) is 13.5. The van der Waals surface area contributed by atoms with Gasteiger partial charge in [-0.2, -0.15) is 0 Å². The monoisotopic (exact) mass is 543 g/mol. The average Bonchev–Trinajstić information content (AvgIpc) is 3.58. The number of alkyl halides is 3. The molecule has 3 aromatic rings. The Morgan fingerprint density at radius 2 is 1.87 bits per heavy atom. The number of benzene rings is 1. The molecule has 206 valence electrons. The first-order chi connectivity index (χ1) is 18.7. The number of aryl methyl sites for hydroxylation is 1. The number of hydrogen-bond donors (Lipinski definition) is 1. The third-order valence-electron chi connectivity index (χ3n) is 7.88. The molecule has 39 heavy (non-hydrogen) atoms. The molecule has 0 radical (unpaired) electrons. The summed E-state index contributed by atoms with van der Waals surface area (Å²) in [7, 11) is 0. The van der Waals surface area contributed by atoms with Crippen LogP contribution in [0.25, 0.3) is 11.3 Å². The van der Waals surface area contributed by atoms with Crippen molar-refractivity contribution < 1.29 is 37.1 Å². The second-order valence-electron chi connectivity index (χ2n) is 10.6. The number of ether oxygens (including phenoxy) is 2. The molecule has 4 heterocycles. The number of carbonyl (C=O) groups is 1. The largest absolute Gasteiger partial charge is 0.573 e. The number of hydrogen-bond acceptors (Lipinski definition) is 7. The third-order valence-corrected chi connectivity index (χ3v) is 7.88. The number of piperidine rings is 1. The minimum atomic E-state index is -4.83. The van der Waals surface area contributed by atoms with Crippen LogP contribution in [-0.4, -0.2) is 45.8 Å². The Morgan fingerprint density at radius 3 is 2.51 bits per heavy atom. The first-order valence-electron chi connectivity index (χ1n) is 13.1. The van der Waals surface area contributed by atoms with Gasteiger partial charge in [0.1, 0.15) is 23.0 Å². The van der Waals surface area contributed by atoms with Crippen LogP contribution >= 0.6 is 0 Å². The molecule has 3 fully saturated rings. The lowest BCUT2D eigenvalue weighted by molar-refractivity contribution is -0.274. The summed E-state index contributed by atoms with van der Waals surface area (Å²) in [5.74, 6) is 0.326. The van der Waals surface area contributed by atoms with E-state index in [4.69, 9.17) is 9.26 Å². The number of carboxylic acid groups (broad SMARTS) is 1. The second-order valence-corrected chi connectivity index (χ2v) is 10.6. The van der Waals surface area contributed by atoms with Gasteiger partial charge in [-0.25, -0.2) is 9.78 Å². The summed E-state index contributed by atoms with van der Waals surface area (Å²) in [5.41, 5.74) is 2.07. The molecule has 1 saturated carbocycles. The zero-order valence-electron chi connectivity index (χ0n) is 21.3. The fourth-order valence-corrected chi connectivity index (χ4v) is 5.96. The van der Waals surface area contributed by atoms with Crippen molar-refractivity contribution in [1.29, 1.82) is 0 Å². The number of carboxylic acids is 1. The van der Waals surface area contributed by atoms with Crippen molar-refractivity contribution in [2.24, 2.45) is 0 Å². The molecule has 0 spiro atoms. The van der Waals surface area contributed by atoms with Crippen LogP contribution in [0.3, 0.4) is 0 Å². The summed E-state index contributed by atoms with van der Waals surface area (Å²) >= 11 is 0. The SMILES string of the molecule is Cc1cc(N2C3CC[C@H]2CC(OCc2c(-c4ccccc4OC(F)(F)F)noc2C2CC2)C3)ncc1C(=O)O. The molecule has 2 bridgehead atoms. The number of fused-ring (bicyclic) bond motifs is 2. The van der Waals surface area contributed by atoms with Crippen molar-refractivity contribution in [2.45, 2.75) is 82.5 Å². The van der Waals surface area contributed by atoms with Crippen molar-refractivity contribution in [3.05, 3.63) is 59.0 Å². The molecule has 11 heteroatoms. The number of anilines is 1. The first kappa shape index (κ1) is 25.7. The molecular formula is C28H28F3N3O5.